The number of aromatic nitrogens is 2. The molecule has 2 amide bonds. The van der Waals surface area contributed by atoms with Crippen LogP contribution in [0.2, 0.25) is 0 Å². The summed E-state index contributed by atoms with van der Waals surface area (Å²) in [5.74, 6) is 0.743. The standard InChI is InChI=1S/C15H21BrN4O2/c1-11-9-12(2)20(18-11)8-4-7-17-15(21)19(3)10-13-5-6-14(16)22-13/h5-6,9H,4,7-8,10H2,1-3H3,(H,17,21). The Hall–Kier alpha value is -1.76. The molecule has 0 aliphatic rings. The van der Waals surface area contributed by atoms with E-state index in [0.29, 0.717) is 17.8 Å². The number of urea groups is 1. The van der Waals surface area contributed by atoms with E-state index in [2.05, 4.69) is 26.3 Å². The lowest BCUT2D eigenvalue weighted by Crippen LogP contribution is -2.37. The Morgan fingerprint density at radius 2 is 2.23 bits per heavy atom. The number of halogens is 1. The van der Waals surface area contributed by atoms with Crippen LogP contribution in [-0.4, -0.2) is 34.3 Å². The smallest absolute Gasteiger partial charge is 0.317 e. The highest BCUT2D eigenvalue weighted by atomic mass is 79.9. The Kier molecular flexibility index (Phi) is 5.65. The molecule has 7 heteroatoms. The van der Waals surface area contributed by atoms with Gasteiger partial charge in [0.15, 0.2) is 4.67 Å². The number of hydrogen-bond acceptors (Lipinski definition) is 3. The first-order chi connectivity index (χ1) is 10.5. The molecule has 120 valence electrons. The van der Waals surface area contributed by atoms with Crippen LogP contribution in [0.3, 0.4) is 0 Å². The fraction of sp³-hybridized carbons (Fsp3) is 0.467. The summed E-state index contributed by atoms with van der Waals surface area (Å²) in [6.07, 6.45) is 0.841. The largest absolute Gasteiger partial charge is 0.452 e. The normalized spacial score (nSPS) is 10.7. The lowest BCUT2D eigenvalue weighted by Gasteiger charge is -2.16. The van der Waals surface area contributed by atoms with Crippen LogP contribution in [0, 0.1) is 13.8 Å². The summed E-state index contributed by atoms with van der Waals surface area (Å²) in [6, 6.07) is 5.60. The van der Waals surface area contributed by atoms with Crippen molar-refractivity contribution in [3.8, 4) is 0 Å². The van der Waals surface area contributed by atoms with Crippen LogP contribution in [-0.2, 0) is 13.1 Å². The average Bonchev–Trinajstić information content (AvgIpc) is 3.00. The van der Waals surface area contributed by atoms with Crippen molar-refractivity contribution in [2.75, 3.05) is 13.6 Å². The maximum atomic E-state index is 12.0. The number of nitrogens with one attached hydrogen (secondary N) is 1. The summed E-state index contributed by atoms with van der Waals surface area (Å²) in [4.78, 5) is 13.6. The highest BCUT2D eigenvalue weighted by molar-refractivity contribution is 9.10. The molecular formula is C15H21BrN4O2. The highest BCUT2D eigenvalue weighted by Crippen LogP contribution is 2.15. The van der Waals surface area contributed by atoms with Gasteiger partial charge >= 0.3 is 6.03 Å². The fourth-order valence-electron chi connectivity index (χ4n) is 2.20. The molecule has 0 spiro atoms. The number of nitrogens with zero attached hydrogens (tertiary/aromatic N) is 3. The molecule has 2 aromatic rings. The van der Waals surface area contributed by atoms with Gasteiger partial charge in [-0.2, -0.15) is 5.10 Å². The average molecular weight is 369 g/mol. The zero-order valence-corrected chi connectivity index (χ0v) is 14.7. The summed E-state index contributed by atoms with van der Waals surface area (Å²) in [7, 11) is 1.74. The van der Waals surface area contributed by atoms with Crippen LogP contribution in [0.1, 0.15) is 23.6 Å². The molecule has 2 aromatic heterocycles. The molecule has 2 rings (SSSR count). The van der Waals surface area contributed by atoms with Crippen LogP contribution < -0.4 is 5.32 Å². The Morgan fingerprint density at radius 1 is 1.45 bits per heavy atom. The number of carbonyl (C=O) groups is 1. The summed E-state index contributed by atoms with van der Waals surface area (Å²) >= 11 is 3.25. The van der Waals surface area contributed by atoms with E-state index < -0.39 is 0 Å². The first kappa shape index (κ1) is 16.6. The van der Waals surface area contributed by atoms with Crippen molar-refractivity contribution in [3.05, 3.63) is 40.0 Å². The van der Waals surface area contributed by atoms with Gasteiger partial charge in [-0.3, -0.25) is 4.68 Å². The van der Waals surface area contributed by atoms with E-state index in [-0.39, 0.29) is 6.03 Å². The molecule has 2 heterocycles. The van der Waals surface area contributed by atoms with Gasteiger partial charge in [-0.1, -0.05) is 0 Å². The summed E-state index contributed by atoms with van der Waals surface area (Å²) in [5.41, 5.74) is 2.16. The van der Waals surface area contributed by atoms with Gasteiger partial charge < -0.3 is 14.6 Å². The Bertz CT molecular complexity index is 635. The molecule has 0 saturated carbocycles. The lowest BCUT2D eigenvalue weighted by molar-refractivity contribution is 0.202. The summed E-state index contributed by atoms with van der Waals surface area (Å²) in [5, 5.41) is 7.30. The monoisotopic (exact) mass is 368 g/mol. The third-order valence-electron chi connectivity index (χ3n) is 3.29. The van der Waals surface area contributed by atoms with Gasteiger partial charge in [-0.15, -0.1) is 0 Å². The molecule has 1 N–H and O–H groups in total. The minimum Gasteiger partial charge on any atom is -0.452 e. The predicted octanol–water partition coefficient (Wildman–Crippen LogP) is 3.09. The number of hydrogen-bond donors (Lipinski definition) is 1. The molecule has 0 atom stereocenters. The van der Waals surface area contributed by atoms with Crippen molar-refractivity contribution in [1.29, 1.82) is 0 Å². The van der Waals surface area contributed by atoms with Crippen molar-refractivity contribution in [3.63, 3.8) is 0 Å². The van der Waals surface area contributed by atoms with Crippen molar-refractivity contribution in [1.82, 2.24) is 20.0 Å². The molecule has 6 nitrogen and oxygen atoms in total. The minimum atomic E-state index is -0.110. The Morgan fingerprint density at radius 3 is 2.82 bits per heavy atom. The van der Waals surface area contributed by atoms with E-state index >= 15 is 0 Å². The number of amides is 2. The third kappa shape index (κ3) is 4.62. The second kappa shape index (κ2) is 7.49. The van der Waals surface area contributed by atoms with Gasteiger partial charge in [0.1, 0.15) is 5.76 Å². The molecule has 0 fully saturated rings. The number of rotatable bonds is 6. The van der Waals surface area contributed by atoms with E-state index in [1.54, 1.807) is 11.9 Å². The molecule has 22 heavy (non-hydrogen) atoms. The number of furan rings is 1. The third-order valence-corrected chi connectivity index (χ3v) is 3.72. The van der Waals surface area contributed by atoms with Gasteiger partial charge in [0.05, 0.1) is 12.2 Å². The van der Waals surface area contributed by atoms with Crippen LogP contribution in [0.15, 0.2) is 27.3 Å². The molecule has 0 unspecified atom stereocenters. The van der Waals surface area contributed by atoms with Crippen molar-refractivity contribution < 1.29 is 9.21 Å². The Balaban J connectivity index is 1.70. The second-order valence-electron chi connectivity index (χ2n) is 5.30. The van der Waals surface area contributed by atoms with Gasteiger partial charge in [0, 0.05) is 25.8 Å². The van der Waals surface area contributed by atoms with Crippen LogP contribution in [0.4, 0.5) is 4.79 Å². The fourth-order valence-corrected chi connectivity index (χ4v) is 2.54. The van der Waals surface area contributed by atoms with Crippen molar-refractivity contribution in [2.24, 2.45) is 0 Å². The van der Waals surface area contributed by atoms with Gasteiger partial charge in [-0.25, -0.2) is 4.79 Å². The summed E-state index contributed by atoms with van der Waals surface area (Å²) < 4.78 is 8.02. The van der Waals surface area contributed by atoms with E-state index in [1.165, 1.54) is 0 Å². The summed E-state index contributed by atoms with van der Waals surface area (Å²) in [6.45, 7) is 5.87. The highest BCUT2D eigenvalue weighted by Gasteiger charge is 2.10. The predicted molar refractivity (Wildman–Crippen MR) is 87.6 cm³/mol. The molecule has 0 radical (unpaired) electrons. The zero-order chi connectivity index (χ0) is 16.1. The quantitative estimate of drug-likeness (QED) is 0.796. The van der Waals surface area contributed by atoms with E-state index in [1.807, 2.05) is 36.7 Å². The molecule has 0 aliphatic heterocycles. The number of aryl methyl sites for hydroxylation is 3. The van der Waals surface area contributed by atoms with Crippen LogP contribution in [0.25, 0.3) is 0 Å². The second-order valence-corrected chi connectivity index (χ2v) is 6.08. The van der Waals surface area contributed by atoms with Crippen molar-refractivity contribution in [2.45, 2.75) is 33.4 Å². The number of carbonyl (C=O) groups excluding carboxylic acids is 1. The van der Waals surface area contributed by atoms with E-state index in [9.17, 15) is 4.79 Å². The van der Waals surface area contributed by atoms with Gasteiger partial charge in [-0.05, 0) is 54.4 Å². The first-order valence-corrected chi connectivity index (χ1v) is 7.99. The Labute approximate surface area is 138 Å². The van der Waals surface area contributed by atoms with Crippen LogP contribution >= 0.6 is 15.9 Å². The molecular weight excluding hydrogens is 348 g/mol. The van der Waals surface area contributed by atoms with Gasteiger partial charge in [0.25, 0.3) is 0 Å². The zero-order valence-electron chi connectivity index (χ0n) is 13.1. The van der Waals surface area contributed by atoms with E-state index in [0.717, 1.165) is 30.1 Å². The molecule has 0 aliphatic carbocycles. The van der Waals surface area contributed by atoms with Crippen LogP contribution in [0.5, 0.6) is 0 Å². The van der Waals surface area contributed by atoms with Gasteiger partial charge in [0.2, 0.25) is 0 Å². The maximum absolute atomic E-state index is 12.0. The topological polar surface area (TPSA) is 63.3 Å². The molecule has 0 aromatic carbocycles. The molecule has 0 saturated heterocycles. The van der Waals surface area contributed by atoms with E-state index in [4.69, 9.17) is 4.42 Å². The lowest BCUT2D eigenvalue weighted by atomic mass is 10.4. The van der Waals surface area contributed by atoms with Crippen molar-refractivity contribution >= 4 is 22.0 Å². The maximum Gasteiger partial charge on any atom is 0.317 e. The SMILES string of the molecule is Cc1cc(C)n(CCCNC(=O)N(C)Cc2ccc(Br)o2)n1. The minimum absolute atomic E-state index is 0.110. The first-order valence-electron chi connectivity index (χ1n) is 7.20. The molecule has 0 bridgehead atoms.